The Hall–Kier alpha value is -1.40. The average Bonchev–Trinajstić information content (AvgIpc) is 3.36. The van der Waals surface area contributed by atoms with Gasteiger partial charge in [0.15, 0.2) is 0 Å². The van der Waals surface area contributed by atoms with Crippen molar-refractivity contribution in [2.75, 3.05) is 13.2 Å². The zero-order chi connectivity index (χ0) is 50.7. The fourth-order valence-electron chi connectivity index (χ4n) is 10.2. The van der Waals surface area contributed by atoms with Crippen LogP contribution in [0.1, 0.15) is 361 Å². The summed E-state index contributed by atoms with van der Waals surface area (Å²) in [4.78, 5) is 24.5. The Labute approximate surface area is 438 Å². The first-order valence-corrected chi connectivity index (χ1v) is 31.9. The Kier molecular flexibility index (Phi) is 59.0. The Morgan fingerprint density at radius 3 is 1.06 bits per heavy atom. The van der Waals surface area contributed by atoms with Gasteiger partial charge >= 0.3 is 5.97 Å². The Morgan fingerprint density at radius 1 is 0.386 bits per heavy atom. The largest absolute Gasteiger partial charge is 0.466 e. The van der Waals surface area contributed by atoms with E-state index in [9.17, 15) is 19.8 Å². The van der Waals surface area contributed by atoms with Gasteiger partial charge in [-0.25, -0.2) is 0 Å². The molecule has 3 N–H and O–H groups in total. The predicted octanol–water partition coefficient (Wildman–Crippen LogP) is 20.0. The molecule has 0 bridgehead atoms. The molecular formula is C64H125NO5. The number of carbonyl (C=O) groups is 2. The third kappa shape index (κ3) is 55.9. The molecule has 6 nitrogen and oxygen atoms in total. The molecule has 2 atom stereocenters. The lowest BCUT2D eigenvalue weighted by atomic mass is 10.0. The molecule has 0 spiro atoms. The maximum absolute atomic E-state index is 12.5. The molecule has 1 amide bonds. The van der Waals surface area contributed by atoms with Crippen molar-refractivity contribution in [3.8, 4) is 0 Å². The van der Waals surface area contributed by atoms with E-state index in [0.717, 1.165) is 44.9 Å². The van der Waals surface area contributed by atoms with Crippen molar-refractivity contribution in [2.24, 2.45) is 0 Å². The minimum Gasteiger partial charge on any atom is -0.466 e. The zero-order valence-electron chi connectivity index (χ0n) is 47.5. The maximum atomic E-state index is 12.5. The van der Waals surface area contributed by atoms with Crippen molar-refractivity contribution in [2.45, 2.75) is 373 Å². The lowest BCUT2D eigenvalue weighted by Crippen LogP contribution is -2.45. The number of hydrogen-bond acceptors (Lipinski definition) is 5. The average molecular weight is 989 g/mol. The molecule has 0 aromatic carbocycles. The molecular weight excluding hydrogens is 863 g/mol. The van der Waals surface area contributed by atoms with Gasteiger partial charge in [0.1, 0.15) is 0 Å². The van der Waals surface area contributed by atoms with E-state index in [0.29, 0.717) is 25.9 Å². The predicted molar refractivity (Wildman–Crippen MR) is 306 cm³/mol. The fourth-order valence-corrected chi connectivity index (χ4v) is 10.2. The van der Waals surface area contributed by atoms with E-state index in [1.165, 1.54) is 283 Å². The third-order valence-electron chi connectivity index (χ3n) is 15.1. The molecule has 0 aliphatic heterocycles. The van der Waals surface area contributed by atoms with Crippen molar-refractivity contribution in [1.82, 2.24) is 5.32 Å². The van der Waals surface area contributed by atoms with Crippen LogP contribution >= 0.6 is 0 Å². The SMILES string of the molecule is CCCC/C=C\CCCCCCCC(=O)OCCCCCCCCCCCCCCCCCCCCCCCCCCCCC(=O)NC(CO)C(O)CCCCCCCCCCCCCCCCCC. The molecule has 6 heteroatoms. The van der Waals surface area contributed by atoms with Gasteiger partial charge in [-0.2, -0.15) is 0 Å². The van der Waals surface area contributed by atoms with E-state index in [1.807, 2.05) is 0 Å². The van der Waals surface area contributed by atoms with E-state index in [-0.39, 0.29) is 18.5 Å². The molecule has 0 aliphatic carbocycles. The minimum atomic E-state index is -0.662. The quantitative estimate of drug-likeness (QED) is 0.0321. The van der Waals surface area contributed by atoms with Crippen molar-refractivity contribution in [3.05, 3.63) is 12.2 Å². The van der Waals surface area contributed by atoms with E-state index in [4.69, 9.17) is 4.74 Å². The first kappa shape index (κ1) is 68.6. The second kappa shape index (κ2) is 60.2. The molecule has 416 valence electrons. The van der Waals surface area contributed by atoms with Gasteiger partial charge in [0, 0.05) is 12.8 Å². The van der Waals surface area contributed by atoms with Crippen LogP contribution in [0.25, 0.3) is 0 Å². The molecule has 0 saturated heterocycles. The zero-order valence-corrected chi connectivity index (χ0v) is 47.5. The molecule has 2 unspecified atom stereocenters. The van der Waals surface area contributed by atoms with Crippen LogP contribution in [0.5, 0.6) is 0 Å². The number of carbonyl (C=O) groups excluding carboxylic acids is 2. The number of unbranched alkanes of at least 4 members (excludes halogenated alkanes) is 47. The number of ether oxygens (including phenoxy) is 1. The molecule has 0 radical (unpaired) electrons. The summed E-state index contributed by atoms with van der Waals surface area (Å²) in [6.45, 7) is 4.94. The van der Waals surface area contributed by atoms with Crippen molar-refractivity contribution in [1.29, 1.82) is 0 Å². The van der Waals surface area contributed by atoms with Gasteiger partial charge in [-0.1, -0.05) is 315 Å². The molecule has 0 aromatic heterocycles. The first-order valence-electron chi connectivity index (χ1n) is 31.9. The third-order valence-corrected chi connectivity index (χ3v) is 15.1. The minimum absolute atomic E-state index is 0.00675. The van der Waals surface area contributed by atoms with Crippen molar-refractivity contribution in [3.63, 3.8) is 0 Å². The summed E-state index contributed by atoms with van der Waals surface area (Å²) in [5, 5.41) is 23.3. The van der Waals surface area contributed by atoms with Crippen LogP contribution in [0.15, 0.2) is 12.2 Å². The monoisotopic (exact) mass is 988 g/mol. The summed E-state index contributed by atoms with van der Waals surface area (Å²) >= 11 is 0. The Morgan fingerprint density at radius 2 is 0.686 bits per heavy atom. The van der Waals surface area contributed by atoms with Crippen LogP contribution in [0.2, 0.25) is 0 Å². The number of amides is 1. The second-order valence-electron chi connectivity index (χ2n) is 22.1. The highest BCUT2D eigenvalue weighted by Gasteiger charge is 2.20. The number of aliphatic hydroxyl groups excluding tert-OH is 2. The maximum Gasteiger partial charge on any atom is 0.305 e. The normalized spacial score (nSPS) is 12.6. The van der Waals surface area contributed by atoms with Crippen LogP contribution in [0, 0.1) is 0 Å². The fraction of sp³-hybridized carbons (Fsp3) is 0.938. The van der Waals surface area contributed by atoms with Crippen LogP contribution in [0.3, 0.4) is 0 Å². The number of hydrogen-bond donors (Lipinski definition) is 3. The summed E-state index contributed by atoms with van der Waals surface area (Å²) in [6, 6.07) is -0.539. The van der Waals surface area contributed by atoms with Gasteiger partial charge < -0.3 is 20.3 Å². The van der Waals surface area contributed by atoms with Crippen LogP contribution in [0.4, 0.5) is 0 Å². The van der Waals surface area contributed by atoms with Gasteiger partial charge in [-0.15, -0.1) is 0 Å². The standard InChI is InChI=1S/C64H125NO5/c1-3-5-7-9-11-13-15-16-17-30-33-37-40-44-48-52-56-62(67)61(60-66)65-63(68)57-53-49-45-41-38-34-31-28-26-24-22-20-18-19-21-23-25-27-29-32-35-39-43-47-51-55-59-70-64(69)58-54-50-46-42-36-14-12-10-8-6-4-2/h10,12,61-62,66-67H,3-9,11,13-60H2,1-2H3,(H,65,68)/b12-10-. The van der Waals surface area contributed by atoms with Gasteiger partial charge in [-0.05, 0) is 44.9 Å². The second-order valence-corrected chi connectivity index (χ2v) is 22.1. The van der Waals surface area contributed by atoms with E-state index in [2.05, 4.69) is 31.3 Å². The van der Waals surface area contributed by atoms with E-state index >= 15 is 0 Å². The molecule has 70 heavy (non-hydrogen) atoms. The summed E-state index contributed by atoms with van der Waals surface area (Å²) < 4.78 is 5.46. The van der Waals surface area contributed by atoms with Crippen LogP contribution in [-0.4, -0.2) is 47.4 Å². The number of rotatable bonds is 60. The summed E-state index contributed by atoms with van der Waals surface area (Å²) in [5.41, 5.74) is 0. The van der Waals surface area contributed by atoms with Crippen LogP contribution in [-0.2, 0) is 14.3 Å². The van der Waals surface area contributed by atoms with Gasteiger partial charge in [-0.3, -0.25) is 9.59 Å². The highest BCUT2D eigenvalue weighted by Crippen LogP contribution is 2.19. The van der Waals surface area contributed by atoms with Gasteiger partial charge in [0.25, 0.3) is 0 Å². The lowest BCUT2D eigenvalue weighted by Gasteiger charge is -2.22. The summed E-state index contributed by atoms with van der Waals surface area (Å²) in [7, 11) is 0. The van der Waals surface area contributed by atoms with Gasteiger partial charge in [0.2, 0.25) is 5.91 Å². The molecule has 0 fully saturated rings. The number of allylic oxidation sites excluding steroid dienone is 2. The molecule has 0 heterocycles. The highest BCUT2D eigenvalue weighted by atomic mass is 16.5. The topological polar surface area (TPSA) is 95.9 Å². The lowest BCUT2D eigenvalue weighted by molar-refractivity contribution is -0.143. The van der Waals surface area contributed by atoms with Gasteiger partial charge in [0.05, 0.1) is 25.4 Å². The van der Waals surface area contributed by atoms with Crippen LogP contribution < -0.4 is 5.32 Å². The molecule has 0 rings (SSSR count). The Bertz CT molecular complexity index is 1050. The smallest absolute Gasteiger partial charge is 0.305 e. The molecule has 0 aromatic rings. The van der Waals surface area contributed by atoms with Crippen molar-refractivity contribution >= 4 is 11.9 Å². The molecule has 0 aliphatic rings. The number of nitrogens with one attached hydrogen (secondary N) is 1. The number of esters is 1. The Balaban J connectivity index is 3.35. The first-order chi connectivity index (χ1) is 34.5. The summed E-state index contributed by atoms with van der Waals surface area (Å²) in [6.07, 6.45) is 72.3. The number of aliphatic hydroxyl groups is 2. The van der Waals surface area contributed by atoms with E-state index < -0.39 is 12.1 Å². The highest BCUT2D eigenvalue weighted by molar-refractivity contribution is 5.76. The molecule has 0 saturated carbocycles. The summed E-state index contributed by atoms with van der Waals surface area (Å²) in [5.74, 6) is -0.0229. The van der Waals surface area contributed by atoms with E-state index in [1.54, 1.807) is 0 Å². The van der Waals surface area contributed by atoms with Crippen molar-refractivity contribution < 1.29 is 24.5 Å².